The molecule has 0 saturated heterocycles. The number of aryl methyl sites for hydroxylation is 1. The van der Waals surface area contributed by atoms with Crippen molar-refractivity contribution < 1.29 is 0 Å². The first-order valence-corrected chi connectivity index (χ1v) is 6.70. The maximum atomic E-state index is 3.60. The van der Waals surface area contributed by atoms with Gasteiger partial charge in [0.05, 0.1) is 0 Å². The molecule has 0 bridgehead atoms. The first-order valence-electron chi connectivity index (χ1n) is 6.70. The van der Waals surface area contributed by atoms with Gasteiger partial charge in [-0.1, -0.05) is 37.6 Å². The predicted molar refractivity (Wildman–Crippen MR) is 69.9 cm³/mol. The zero-order chi connectivity index (χ0) is 11.2. The summed E-state index contributed by atoms with van der Waals surface area (Å²) in [6.07, 6.45) is 6.58. The highest BCUT2D eigenvalue weighted by atomic mass is 14.9. The molecule has 0 fully saturated rings. The number of rotatable bonds is 5. The van der Waals surface area contributed by atoms with Crippen LogP contribution in [0.1, 0.15) is 49.7 Å². The van der Waals surface area contributed by atoms with Crippen molar-refractivity contribution in [1.29, 1.82) is 0 Å². The van der Waals surface area contributed by atoms with Gasteiger partial charge in [-0.05, 0) is 49.3 Å². The lowest BCUT2D eigenvalue weighted by atomic mass is 9.83. The van der Waals surface area contributed by atoms with Crippen molar-refractivity contribution in [2.45, 2.75) is 44.9 Å². The quantitative estimate of drug-likeness (QED) is 0.744. The fourth-order valence-electron chi connectivity index (χ4n) is 2.64. The summed E-state index contributed by atoms with van der Waals surface area (Å²) in [6.45, 7) is 4.59. The van der Waals surface area contributed by atoms with Gasteiger partial charge in [0, 0.05) is 6.54 Å². The second-order valence-corrected chi connectivity index (χ2v) is 4.85. The average molecular weight is 217 g/mol. The molecule has 0 amide bonds. The number of fused-ring (bicyclic) bond motifs is 1. The molecule has 1 N–H and O–H groups in total. The Labute approximate surface area is 99.3 Å². The van der Waals surface area contributed by atoms with Crippen molar-refractivity contribution in [1.82, 2.24) is 5.32 Å². The zero-order valence-corrected chi connectivity index (χ0v) is 10.3. The summed E-state index contributed by atoms with van der Waals surface area (Å²) >= 11 is 0. The minimum atomic E-state index is 0.752. The molecule has 0 aliphatic heterocycles. The summed E-state index contributed by atoms with van der Waals surface area (Å²) in [5.41, 5.74) is 3.17. The molecule has 0 spiro atoms. The Morgan fingerprint density at radius 2 is 2.19 bits per heavy atom. The Hall–Kier alpha value is -0.820. The van der Waals surface area contributed by atoms with Crippen LogP contribution in [0, 0.1) is 0 Å². The molecule has 2 rings (SSSR count). The van der Waals surface area contributed by atoms with Crippen LogP contribution in [0.4, 0.5) is 0 Å². The summed E-state index contributed by atoms with van der Waals surface area (Å²) in [6, 6.07) is 8.98. The molecule has 1 aliphatic rings. The highest BCUT2D eigenvalue weighted by molar-refractivity contribution is 5.32. The van der Waals surface area contributed by atoms with E-state index in [1.165, 1.54) is 38.6 Å². The number of nitrogens with one attached hydrogen (secondary N) is 1. The van der Waals surface area contributed by atoms with Gasteiger partial charge in [0.25, 0.3) is 0 Å². The van der Waals surface area contributed by atoms with E-state index in [9.17, 15) is 0 Å². The van der Waals surface area contributed by atoms with Crippen LogP contribution in [0.2, 0.25) is 0 Å². The molecule has 0 heterocycles. The lowest BCUT2D eigenvalue weighted by molar-refractivity contribution is 0.502. The van der Waals surface area contributed by atoms with E-state index in [4.69, 9.17) is 0 Å². The predicted octanol–water partition coefficient (Wildman–Crippen LogP) is 3.50. The average Bonchev–Trinajstić information content (AvgIpc) is 2.35. The monoisotopic (exact) mass is 217 g/mol. The van der Waals surface area contributed by atoms with Crippen molar-refractivity contribution in [3.05, 3.63) is 35.4 Å². The summed E-state index contributed by atoms with van der Waals surface area (Å²) in [7, 11) is 0. The molecule has 0 aromatic heterocycles. The molecule has 1 heteroatoms. The van der Waals surface area contributed by atoms with E-state index in [1.54, 1.807) is 11.1 Å². The first kappa shape index (κ1) is 11.7. The van der Waals surface area contributed by atoms with Crippen LogP contribution in [0.15, 0.2) is 24.3 Å². The maximum Gasteiger partial charge on any atom is 0.00202 e. The molecule has 1 unspecified atom stereocenters. The normalized spacial score (nSPS) is 19.4. The van der Waals surface area contributed by atoms with Gasteiger partial charge in [-0.3, -0.25) is 0 Å². The minimum absolute atomic E-state index is 0.752. The Kier molecular flexibility index (Phi) is 4.41. The van der Waals surface area contributed by atoms with Gasteiger partial charge in [-0.15, -0.1) is 0 Å². The Morgan fingerprint density at radius 3 is 3.06 bits per heavy atom. The van der Waals surface area contributed by atoms with Crippen LogP contribution in [-0.4, -0.2) is 13.1 Å². The van der Waals surface area contributed by atoms with Gasteiger partial charge in [-0.2, -0.15) is 0 Å². The first-order chi connectivity index (χ1) is 7.92. The molecule has 1 atom stereocenters. The highest BCUT2D eigenvalue weighted by Crippen LogP contribution is 2.30. The zero-order valence-electron chi connectivity index (χ0n) is 10.3. The highest BCUT2D eigenvalue weighted by Gasteiger charge is 2.18. The van der Waals surface area contributed by atoms with E-state index in [-0.39, 0.29) is 0 Å². The summed E-state index contributed by atoms with van der Waals surface area (Å²) in [5, 5.41) is 3.60. The third kappa shape index (κ3) is 2.85. The second kappa shape index (κ2) is 6.05. The minimum Gasteiger partial charge on any atom is -0.316 e. The topological polar surface area (TPSA) is 12.0 Å². The van der Waals surface area contributed by atoms with E-state index in [1.807, 2.05) is 0 Å². The Bertz CT molecular complexity index is 319. The standard InChI is InChI=1S/C15H23N/c1-2-3-11-16-12-14-9-6-8-13-7-4-5-10-15(13)14/h4-5,7,10,14,16H,2-3,6,8-9,11-12H2,1H3. The van der Waals surface area contributed by atoms with E-state index in [0.717, 1.165) is 12.5 Å². The van der Waals surface area contributed by atoms with E-state index >= 15 is 0 Å². The number of hydrogen-bond acceptors (Lipinski definition) is 1. The van der Waals surface area contributed by atoms with Crippen molar-refractivity contribution in [2.24, 2.45) is 0 Å². The van der Waals surface area contributed by atoms with Crippen molar-refractivity contribution in [3.63, 3.8) is 0 Å². The Balaban J connectivity index is 1.91. The lowest BCUT2D eigenvalue weighted by Gasteiger charge is -2.25. The van der Waals surface area contributed by atoms with Gasteiger partial charge in [-0.25, -0.2) is 0 Å². The van der Waals surface area contributed by atoms with Gasteiger partial charge < -0.3 is 5.32 Å². The van der Waals surface area contributed by atoms with Gasteiger partial charge >= 0.3 is 0 Å². The number of hydrogen-bond donors (Lipinski definition) is 1. The van der Waals surface area contributed by atoms with Crippen LogP contribution < -0.4 is 5.32 Å². The third-order valence-electron chi connectivity index (χ3n) is 3.59. The summed E-state index contributed by atoms with van der Waals surface area (Å²) in [4.78, 5) is 0. The molecule has 0 saturated carbocycles. The molecule has 1 aromatic carbocycles. The molecule has 0 radical (unpaired) electrons. The van der Waals surface area contributed by atoms with E-state index < -0.39 is 0 Å². The fraction of sp³-hybridized carbons (Fsp3) is 0.600. The van der Waals surface area contributed by atoms with Crippen molar-refractivity contribution >= 4 is 0 Å². The molecule has 1 nitrogen and oxygen atoms in total. The van der Waals surface area contributed by atoms with Crippen LogP contribution in [-0.2, 0) is 6.42 Å². The molecule has 16 heavy (non-hydrogen) atoms. The SMILES string of the molecule is CCCCNCC1CCCc2ccccc21. The fourth-order valence-corrected chi connectivity index (χ4v) is 2.64. The van der Waals surface area contributed by atoms with Gasteiger partial charge in [0.1, 0.15) is 0 Å². The largest absolute Gasteiger partial charge is 0.316 e. The number of benzene rings is 1. The van der Waals surface area contributed by atoms with Crippen molar-refractivity contribution in [3.8, 4) is 0 Å². The smallest absolute Gasteiger partial charge is 0.00202 e. The van der Waals surface area contributed by atoms with E-state index in [2.05, 4.69) is 36.5 Å². The summed E-state index contributed by atoms with van der Waals surface area (Å²) in [5.74, 6) is 0.752. The van der Waals surface area contributed by atoms with Crippen LogP contribution in [0.25, 0.3) is 0 Å². The summed E-state index contributed by atoms with van der Waals surface area (Å²) < 4.78 is 0. The molecule has 1 aliphatic carbocycles. The molecule has 1 aromatic rings. The second-order valence-electron chi connectivity index (χ2n) is 4.85. The number of unbranched alkanes of at least 4 members (excludes halogenated alkanes) is 1. The van der Waals surface area contributed by atoms with E-state index in [0.29, 0.717) is 0 Å². The lowest BCUT2D eigenvalue weighted by Crippen LogP contribution is -2.25. The van der Waals surface area contributed by atoms with Crippen LogP contribution >= 0.6 is 0 Å². The maximum absolute atomic E-state index is 3.60. The molecular weight excluding hydrogens is 194 g/mol. The van der Waals surface area contributed by atoms with Crippen LogP contribution in [0.5, 0.6) is 0 Å². The molecule has 88 valence electrons. The van der Waals surface area contributed by atoms with Gasteiger partial charge in [0.15, 0.2) is 0 Å². The Morgan fingerprint density at radius 1 is 1.31 bits per heavy atom. The molecular formula is C15H23N. The third-order valence-corrected chi connectivity index (χ3v) is 3.59. The van der Waals surface area contributed by atoms with Crippen LogP contribution in [0.3, 0.4) is 0 Å². The van der Waals surface area contributed by atoms with Crippen molar-refractivity contribution in [2.75, 3.05) is 13.1 Å². The van der Waals surface area contributed by atoms with Gasteiger partial charge in [0.2, 0.25) is 0 Å².